The van der Waals surface area contributed by atoms with Crippen LogP contribution in [0, 0.1) is 0 Å². The Morgan fingerprint density at radius 2 is 1.81 bits per heavy atom. The summed E-state index contributed by atoms with van der Waals surface area (Å²) in [5, 5.41) is -0.289. The van der Waals surface area contributed by atoms with Crippen molar-refractivity contribution in [3.63, 3.8) is 0 Å². The highest BCUT2D eigenvalue weighted by Crippen LogP contribution is 2.40. The van der Waals surface area contributed by atoms with E-state index in [2.05, 4.69) is 6.58 Å². The minimum absolute atomic E-state index is 0.0868. The van der Waals surface area contributed by atoms with Crippen LogP contribution in [0.3, 0.4) is 0 Å². The molecule has 1 aliphatic rings. The number of sulfone groups is 1. The monoisotopic (exact) mass is 236 g/mol. The number of hydrogen-bond donors (Lipinski definition) is 0. The summed E-state index contributed by atoms with van der Waals surface area (Å²) in [4.78, 5) is 0. The van der Waals surface area contributed by atoms with Gasteiger partial charge in [-0.25, -0.2) is 8.42 Å². The zero-order valence-electron chi connectivity index (χ0n) is 9.39. The van der Waals surface area contributed by atoms with Crippen molar-refractivity contribution in [1.29, 1.82) is 0 Å². The van der Waals surface area contributed by atoms with E-state index in [0.29, 0.717) is 6.42 Å². The summed E-state index contributed by atoms with van der Waals surface area (Å²) >= 11 is 0. The molecule has 0 bridgehead atoms. The van der Waals surface area contributed by atoms with Gasteiger partial charge in [-0.05, 0) is 18.4 Å². The second kappa shape index (κ2) is 4.06. The predicted molar refractivity (Wildman–Crippen MR) is 66.2 cm³/mol. The smallest absolute Gasteiger partial charge is 0.151 e. The first-order valence-electron chi connectivity index (χ1n) is 5.39. The fraction of sp³-hybridized carbons (Fsp3) is 0.385. The van der Waals surface area contributed by atoms with Gasteiger partial charge in [-0.3, -0.25) is 0 Å². The van der Waals surface area contributed by atoms with E-state index in [0.717, 1.165) is 17.6 Å². The van der Waals surface area contributed by atoms with E-state index in [4.69, 9.17) is 0 Å². The fourth-order valence-corrected chi connectivity index (χ4v) is 3.82. The van der Waals surface area contributed by atoms with Gasteiger partial charge in [-0.2, -0.15) is 0 Å². The fourth-order valence-electron chi connectivity index (χ4n) is 2.44. The van der Waals surface area contributed by atoms with Gasteiger partial charge in [0.2, 0.25) is 0 Å². The second-order valence-electron chi connectivity index (χ2n) is 4.54. The highest BCUT2D eigenvalue weighted by molar-refractivity contribution is 7.91. The molecule has 1 aromatic carbocycles. The molecule has 2 atom stereocenters. The quantitative estimate of drug-likeness (QED) is 0.739. The maximum atomic E-state index is 11.7. The van der Waals surface area contributed by atoms with Crippen molar-refractivity contribution in [2.45, 2.75) is 24.0 Å². The van der Waals surface area contributed by atoms with Crippen molar-refractivity contribution in [3.8, 4) is 0 Å². The van der Waals surface area contributed by atoms with Gasteiger partial charge in [0.15, 0.2) is 9.84 Å². The molecule has 1 aliphatic carbocycles. The summed E-state index contributed by atoms with van der Waals surface area (Å²) in [5.41, 5.74) is 2.15. The largest absolute Gasteiger partial charge is 0.229 e. The van der Waals surface area contributed by atoms with Crippen LogP contribution in [-0.4, -0.2) is 19.9 Å². The van der Waals surface area contributed by atoms with Crippen LogP contribution < -0.4 is 0 Å². The van der Waals surface area contributed by atoms with E-state index >= 15 is 0 Å². The molecule has 1 aromatic rings. The van der Waals surface area contributed by atoms with E-state index in [-0.39, 0.29) is 11.2 Å². The standard InChI is InChI=1S/C13H16O2S/c1-10-8-12(11-6-4-3-5-7-11)13(9-10)16(2,14)15/h3-7,12-13H,1,8-9H2,2H3. The van der Waals surface area contributed by atoms with E-state index < -0.39 is 9.84 Å². The summed E-state index contributed by atoms with van der Waals surface area (Å²) in [6.07, 6.45) is 2.73. The highest BCUT2D eigenvalue weighted by Gasteiger charge is 2.37. The maximum absolute atomic E-state index is 11.7. The highest BCUT2D eigenvalue weighted by atomic mass is 32.2. The van der Waals surface area contributed by atoms with Gasteiger partial charge in [-0.15, -0.1) is 0 Å². The Labute approximate surface area is 96.9 Å². The molecule has 3 heteroatoms. The molecular weight excluding hydrogens is 220 g/mol. The molecule has 0 heterocycles. The average Bonchev–Trinajstić information content (AvgIpc) is 2.61. The molecule has 0 radical (unpaired) electrons. The third-order valence-electron chi connectivity index (χ3n) is 3.22. The molecule has 0 saturated heterocycles. The SMILES string of the molecule is C=C1CC(c2ccccc2)C(S(C)(=O)=O)C1. The van der Waals surface area contributed by atoms with E-state index in [1.807, 2.05) is 30.3 Å². The van der Waals surface area contributed by atoms with Gasteiger partial charge in [0.05, 0.1) is 5.25 Å². The number of benzene rings is 1. The minimum atomic E-state index is -2.99. The lowest BCUT2D eigenvalue weighted by Gasteiger charge is -2.17. The maximum Gasteiger partial charge on any atom is 0.151 e. The first-order chi connectivity index (χ1) is 7.48. The Kier molecular flexibility index (Phi) is 2.89. The van der Waals surface area contributed by atoms with Crippen LogP contribution in [0.5, 0.6) is 0 Å². The average molecular weight is 236 g/mol. The molecule has 1 saturated carbocycles. The van der Waals surface area contributed by atoms with Crippen LogP contribution in [-0.2, 0) is 9.84 Å². The van der Waals surface area contributed by atoms with Crippen LogP contribution in [0.15, 0.2) is 42.5 Å². The van der Waals surface area contributed by atoms with Gasteiger partial charge >= 0.3 is 0 Å². The van der Waals surface area contributed by atoms with Gasteiger partial charge in [0, 0.05) is 12.2 Å². The van der Waals surface area contributed by atoms with Crippen molar-refractivity contribution < 1.29 is 8.42 Å². The summed E-state index contributed by atoms with van der Waals surface area (Å²) in [6, 6.07) is 9.86. The van der Waals surface area contributed by atoms with E-state index in [1.54, 1.807) is 0 Å². The number of rotatable bonds is 2. The van der Waals surface area contributed by atoms with Gasteiger partial charge < -0.3 is 0 Å². The third-order valence-corrected chi connectivity index (χ3v) is 4.82. The Morgan fingerprint density at radius 1 is 1.19 bits per heavy atom. The van der Waals surface area contributed by atoms with E-state index in [1.165, 1.54) is 6.26 Å². The first-order valence-corrected chi connectivity index (χ1v) is 7.34. The topological polar surface area (TPSA) is 34.1 Å². The molecule has 2 unspecified atom stereocenters. The third kappa shape index (κ3) is 2.19. The summed E-state index contributed by atoms with van der Waals surface area (Å²) in [5.74, 6) is 0.0868. The summed E-state index contributed by atoms with van der Waals surface area (Å²) in [7, 11) is -2.99. The minimum Gasteiger partial charge on any atom is -0.229 e. The van der Waals surface area contributed by atoms with Gasteiger partial charge in [0.25, 0.3) is 0 Å². The zero-order chi connectivity index (χ0) is 11.8. The van der Waals surface area contributed by atoms with Crippen LogP contribution in [0.1, 0.15) is 24.3 Å². The normalized spacial score (nSPS) is 25.9. The molecule has 2 nitrogen and oxygen atoms in total. The van der Waals surface area contributed by atoms with Crippen molar-refractivity contribution in [2.24, 2.45) is 0 Å². The van der Waals surface area contributed by atoms with Crippen LogP contribution in [0.2, 0.25) is 0 Å². The first kappa shape index (κ1) is 11.4. The van der Waals surface area contributed by atoms with Crippen molar-refractivity contribution >= 4 is 9.84 Å². The molecule has 2 rings (SSSR count). The molecule has 86 valence electrons. The lowest BCUT2D eigenvalue weighted by Crippen LogP contribution is -2.22. The predicted octanol–water partition coefficient (Wildman–Crippen LogP) is 2.53. The van der Waals surface area contributed by atoms with Crippen molar-refractivity contribution in [1.82, 2.24) is 0 Å². The number of allylic oxidation sites excluding steroid dienone is 1. The van der Waals surface area contributed by atoms with Crippen LogP contribution in [0.25, 0.3) is 0 Å². The Balaban J connectivity index is 2.37. The van der Waals surface area contributed by atoms with Crippen LogP contribution in [0.4, 0.5) is 0 Å². The van der Waals surface area contributed by atoms with Gasteiger partial charge in [0.1, 0.15) is 0 Å². The molecule has 0 aromatic heterocycles. The summed E-state index contributed by atoms with van der Waals surface area (Å²) in [6.45, 7) is 3.93. The molecule has 1 fully saturated rings. The van der Waals surface area contributed by atoms with Crippen molar-refractivity contribution in [2.75, 3.05) is 6.26 Å². The van der Waals surface area contributed by atoms with Crippen LogP contribution >= 0.6 is 0 Å². The second-order valence-corrected chi connectivity index (χ2v) is 6.81. The number of hydrogen-bond acceptors (Lipinski definition) is 2. The summed E-state index contributed by atoms with van der Waals surface area (Å²) < 4.78 is 23.4. The van der Waals surface area contributed by atoms with Gasteiger partial charge in [-0.1, -0.05) is 42.5 Å². The molecule has 0 N–H and O–H groups in total. The zero-order valence-corrected chi connectivity index (χ0v) is 10.2. The molecule has 0 aliphatic heterocycles. The Bertz CT molecular complexity index is 488. The lowest BCUT2D eigenvalue weighted by molar-refractivity contribution is 0.575. The lowest BCUT2D eigenvalue weighted by atomic mass is 9.97. The molecule has 16 heavy (non-hydrogen) atoms. The van der Waals surface area contributed by atoms with Crippen molar-refractivity contribution in [3.05, 3.63) is 48.0 Å². The Hall–Kier alpha value is -1.09. The molecule has 0 spiro atoms. The van der Waals surface area contributed by atoms with E-state index in [9.17, 15) is 8.42 Å². The molecule has 0 amide bonds. The Morgan fingerprint density at radius 3 is 2.38 bits per heavy atom. The molecular formula is C13H16O2S.